The molecule has 0 aliphatic carbocycles. The SMILES string of the molecule is CNC(=O)C1CN(Cc2nc3ccccc3s2)CCN1C(=O)CC(=O)OC. The number of hydrogen-bond acceptors (Lipinski definition) is 7. The molecule has 2 heterocycles. The summed E-state index contributed by atoms with van der Waals surface area (Å²) in [6, 6.07) is 7.31. The summed E-state index contributed by atoms with van der Waals surface area (Å²) in [6.07, 6.45) is -0.359. The van der Waals surface area contributed by atoms with E-state index >= 15 is 0 Å². The second-order valence-corrected chi connectivity index (χ2v) is 7.40. The Balaban J connectivity index is 1.70. The molecule has 0 radical (unpaired) electrons. The highest BCUT2D eigenvalue weighted by molar-refractivity contribution is 7.18. The Morgan fingerprint density at radius 2 is 2.07 bits per heavy atom. The van der Waals surface area contributed by atoms with Crippen molar-refractivity contribution in [3.05, 3.63) is 29.3 Å². The van der Waals surface area contributed by atoms with Crippen molar-refractivity contribution in [2.24, 2.45) is 0 Å². The lowest BCUT2D eigenvalue weighted by atomic mass is 10.1. The molecule has 144 valence electrons. The topological polar surface area (TPSA) is 91.8 Å². The van der Waals surface area contributed by atoms with Gasteiger partial charge < -0.3 is 15.0 Å². The Bertz CT molecular complexity index is 820. The number of aromatic nitrogens is 1. The van der Waals surface area contributed by atoms with E-state index in [2.05, 4.69) is 19.9 Å². The predicted molar refractivity (Wildman–Crippen MR) is 101 cm³/mol. The summed E-state index contributed by atoms with van der Waals surface area (Å²) >= 11 is 1.63. The molecule has 1 aliphatic heterocycles. The van der Waals surface area contributed by atoms with E-state index in [1.807, 2.05) is 24.3 Å². The molecule has 0 spiro atoms. The Hall–Kier alpha value is -2.52. The van der Waals surface area contributed by atoms with Crippen LogP contribution >= 0.6 is 11.3 Å². The number of fused-ring (bicyclic) bond motifs is 1. The fraction of sp³-hybridized carbons (Fsp3) is 0.444. The fourth-order valence-electron chi connectivity index (χ4n) is 3.15. The van der Waals surface area contributed by atoms with Crippen molar-refractivity contribution < 1.29 is 19.1 Å². The number of likely N-dealkylation sites (N-methyl/N-ethyl adjacent to an activating group) is 1. The van der Waals surface area contributed by atoms with Crippen LogP contribution in [0.3, 0.4) is 0 Å². The van der Waals surface area contributed by atoms with Crippen molar-refractivity contribution in [2.75, 3.05) is 33.8 Å². The highest BCUT2D eigenvalue weighted by atomic mass is 32.1. The number of hydrogen-bond donors (Lipinski definition) is 1. The lowest BCUT2D eigenvalue weighted by Crippen LogP contribution is -2.60. The van der Waals surface area contributed by atoms with Gasteiger partial charge in [-0.05, 0) is 12.1 Å². The van der Waals surface area contributed by atoms with Crippen molar-refractivity contribution in [3.63, 3.8) is 0 Å². The normalized spacial score (nSPS) is 17.7. The average Bonchev–Trinajstić information content (AvgIpc) is 3.09. The number of carbonyl (C=O) groups is 3. The maximum Gasteiger partial charge on any atom is 0.315 e. The highest BCUT2D eigenvalue weighted by Crippen LogP contribution is 2.23. The molecule has 1 aliphatic rings. The molecule has 1 aromatic heterocycles. The van der Waals surface area contributed by atoms with Gasteiger partial charge in [0.05, 0.1) is 23.9 Å². The number of benzene rings is 1. The van der Waals surface area contributed by atoms with E-state index in [9.17, 15) is 14.4 Å². The van der Waals surface area contributed by atoms with Gasteiger partial charge in [-0.1, -0.05) is 12.1 Å². The molecule has 1 unspecified atom stereocenters. The van der Waals surface area contributed by atoms with E-state index in [4.69, 9.17) is 0 Å². The van der Waals surface area contributed by atoms with Gasteiger partial charge in [-0.25, -0.2) is 4.98 Å². The van der Waals surface area contributed by atoms with Crippen LogP contribution in [0.5, 0.6) is 0 Å². The summed E-state index contributed by atoms with van der Waals surface area (Å²) in [4.78, 5) is 44.3. The van der Waals surface area contributed by atoms with Crippen LogP contribution in [-0.4, -0.2) is 72.4 Å². The van der Waals surface area contributed by atoms with Crippen LogP contribution in [0.1, 0.15) is 11.4 Å². The third kappa shape index (κ3) is 4.42. The smallest absolute Gasteiger partial charge is 0.315 e. The average molecular weight is 390 g/mol. The van der Waals surface area contributed by atoms with Crippen molar-refractivity contribution in [1.29, 1.82) is 0 Å². The Morgan fingerprint density at radius 3 is 2.78 bits per heavy atom. The van der Waals surface area contributed by atoms with Crippen LogP contribution in [-0.2, 0) is 25.7 Å². The van der Waals surface area contributed by atoms with Gasteiger partial charge >= 0.3 is 5.97 Å². The second-order valence-electron chi connectivity index (χ2n) is 6.28. The number of rotatable bonds is 5. The van der Waals surface area contributed by atoms with Gasteiger partial charge in [0, 0.05) is 26.7 Å². The molecular weight excluding hydrogens is 368 g/mol. The first-order valence-electron chi connectivity index (χ1n) is 8.66. The first-order valence-corrected chi connectivity index (χ1v) is 9.48. The van der Waals surface area contributed by atoms with Crippen LogP contribution in [0, 0.1) is 0 Å². The van der Waals surface area contributed by atoms with Crippen molar-refractivity contribution in [1.82, 2.24) is 20.1 Å². The first kappa shape index (κ1) is 19.2. The predicted octanol–water partition coefficient (Wildman–Crippen LogP) is 0.618. The molecule has 1 atom stereocenters. The third-order valence-electron chi connectivity index (χ3n) is 4.55. The summed E-state index contributed by atoms with van der Waals surface area (Å²) in [7, 11) is 2.78. The van der Waals surface area contributed by atoms with Gasteiger partial charge in [0.25, 0.3) is 0 Å². The summed E-state index contributed by atoms with van der Waals surface area (Å²) < 4.78 is 5.69. The summed E-state index contributed by atoms with van der Waals surface area (Å²) in [5.41, 5.74) is 0.965. The van der Waals surface area contributed by atoms with Gasteiger partial charge in [-0.3, -0.25) is 19.3 Å². The molecule has 9 heteroatoms. The standard InChI is InChI=1S/C18H22N4O4S/c1-19-18(25)13-10-21(7-8-22(13)16(23)9-17(24)26-2)11-15-20-12-5-3-4-6-14(12)27-15/h3-6,13H,7-11H2,1-2H3,(H,19,25). The molecule has 0 bridgehead atoms. The van der Waals surface area contributed by atoms with Gasteiger partial charge in [0.1, 0.15) is 17.5 Å². The summed E-state index contributed by atoms with van der Waals surface area (Å²) in [5, 5.41) is 3.58. The highest BCUT2D eigenvalue weighted by Gasteiger charge is 2.35. The van der Waals surface area contributed by atoms with Crippen LogP contribution in [0.15, 0.2) is 24.3 Å². The zero-order valence-corrected chi connectivity index (χ0v) is 16.1. The maximum atomic E-state index is 12.4. The number of carbonyl (C=O) groups excluding carboxylic acids is 3. The Kier molecular flexibility index (Phi) is 6.02. The molecule has 8 nitrogen and oxygen atoms in total. The van der Waals surface area contributed by atoms with Gasteiger partial charge in [0.2, 0.25) is 11.8 Å². The summed E-state index contributed by atoms with van der Waals surface area (Å²) in [5.74, 6) is -1.25. The minimum absolute atomic E-state index is 0.248. The van der Waals surface area contributed by atoms with E-state index in [0.29, 0.717) is 26.2 Å². The fourth-order valence-corrected chi connectivity index (χ4v) is 4.16. The molecule has 2 aromatic rings. The van der Waals surface area contributed by atoms with Crippen molar-refractivity contribution in [2.45, 2.75) is 19.0 Å². The van der Waals surface area contributed by atoms with E-state index in [-0.39, 0.29) is 12.3 Å². The molecule has 3 rings (SSSR count). The first-order chi connectivity index (χ1) is 13.0. The molecular formula is C18H22N4O4S. The lowest BCUT2D eigenvalue weighted by molar-refractivity contribution is -0.151. The summed E-state index contributed by atoms with van der Waals surface area (Å²) in [6.45, 7) is 1.99. The van der Waals surface area contributed by atoms with Gasteiger partial charge in [-0.15, -0.1) is 11.3 Å². The molecule has 1 aromatic carbocycles. The number of para-hydroxylation sites is 1. The maximum absolute atomic E-state index is 12.4. The van der Waals surface area contributed by atoms with Crippen LogP contribution < -0.4 is 5.32 Å². The number of methoxy groups -OCH3 is 1. The molecule has 1 saturated heterocycles. The largest absolute Gasteiger partial charge is 0.469 e. The number of piperazine rings is 1. The van der Waals surface area contributed by atoms with Crippen LogP contribution in [0.4, 0.5) is 0 Å². The van der Waals surface area contributed by atoms with Gasteiger partial charge in [0.15, 0.2) is 0 Å². The monoisotopic (exact) mass is 390 g/mol. The zero-order valence-electron chi connectivity index (χ0n) is 15.3. The lowest BCUT2D eigenvalue weighted by Gasteiger charge is -2.40. The quantitative estimate of drug-likeness (QED) is 0.594. The number of thiazole rings is 1. The van der Waals surface area contributed by atoms with Crippen LogP contribution in [0.2, 0.25) is 0 Å². The number of amides is 2. The van der Waals surface area contributed by atoms with E-state index in [1.54, 1.807) is 11.3 Å². The number of ether oxygens (including phenoxy) is 1. The Morgan fingerprint density at radius 1 is 1.30 bits per heavy atom. The number of esters is 1. The third-order valence-corrected chi connectivity index (χ3v) is 5.58. The minimum Gasteiger partial charge on any atom is -0.469 e. The van der Waals surface area contributed by atoms with E-state index < -0.39 is 17.9 Å². The zero-order chi connectivity index (χ0) is 19.4. The van der Waals surface area contributed by atoms with Gasteiger partial charge in [-0.2, -0.15) is 0 Å². The molecule has 0 saturated carbocycles. The van der Waals surface area contributed by atoms with Crippen molar-refractivity contribution >= 4 is 39.3 Å². The molecule has 2 amide bonds. The number of nitrogens with one attached hydrogen (secondary N) is 1. The molecule has 27 heavy (non-hydrogen) atoms. The Labute approximate surface area is 161 Å². The van der Waals surface area contributed by atoms with E-state index in [1.165, 1.54) is 19.1 Å². The minimum atomic E-state index is -0.643. The number of nitrogens with zero attached hydrogens (tertiary/aromatic N) is 3. The molecule has 1 fully saturated rings. The van der Waals surface area contributed by atoms with E-state index in [0.717, 1.165) is 15.2 Å². The molecule has 1 N–H and O–H groups in total. The van der Waals surface area contributed by atoms with Crippen molar-refractivity contribution in [3.8, 4) is 0 Å². The second kappa shape index (κ2) is 8.45. The van der Waals surface area contributed by atoms with Crippen LogP contribution in [0.25, 0.3) is 10.2 Å².